The van der Waals surface area contributed by atoms with E-state index in [1.54, 1.807) is 23.1 Å². The number of aliphatic carboxylic acids is 1. The van der Waals surface area contributed by atoms with Gasteiger partial charge in [0.25, 0.3) is 0 Å². The van der Waals surface area contributed by atoms with E-state index in [9.17, 15) is 18.8 Å². The number of anilines is 2. The summed E-state index contributed by atoms with van der Waals surface area (Å²) in [5.41, 5.74) is 2.66. The van der Waals surface area contributed by atoms with Gasteiger partial charge in [0.05, 0.1) is 5.69 Å². The van der Waals surface area contributed by atoms with E-state index in [-0.39, 0.29) is 30.2 Å². The number of carbonyl (C=O) groups is 3. The van der Waals surface area contributed by atoms with Crippen LogP contribution in [-0.4, -0.2) is 40.7 Å². The Hall–Kier alpha value is -3.62. The highest BCUT2D eigenvalue weighted by molar-refractivity contribution is 5.99. The number of carboxylic acid groups (broad SMARTS) is 1. The maximum atomic E-state index is 13.7. The number of urea groups is 1. The maximum absolute atomic E-state index is 13.7. The van der Waals surface area contributed by atoms with Crippen molar-refractivity contribution in [2.24, 2.45) is 5.92 Å². The number of carboxylic acids is 1. The zero-order valence-corrected chi connectivity index (χ0v) is 18.1. The zero-order valence-electron chi connectivity index (χ0n) is 18.1. The van der Waals surface area contributed by atoms with Gasteiger partial charge in [-0.2, -0.15) is 0 Å². The fourth-order valence-electron chi connectivity index (χ4n) is 4.42. The Morgan fingerprint density at radius 2 is 1.91 bits per heavy atom. The predicted molar refractivity (Wildman–Crippen MR) is 119 cm³/mol. The lowest BCUT2D eigenvalue weighted by atomic mass is 9.99. The van der Waals surface area contributed by atoms with Gasteiger partial charge in [-0.25, -0.2) is 14.0 Å². The number of nitrogens with one attached hydrogen (secondary N) is 2. The van der Waals surface area contributed by atoms with Crippen molar-refractivity contribution in [1.29, 1.82) is 0 Å². The third-order valence-corrected chi connectivity index (χ3v) is 6.08. The third-order valence-electron chi connectivity index (χ3n) is 6.08. The van der Waals surface area contributed by atoms with Crippen LogP contribution in [-0.2, 0) is 22.5 Å². The molecule has 1 aliphatic carbocycles. The number of para-hydroxylation sites is 1. The van der Waals surface area contributed by atoms with Crippen LogP contribution in [0.3, 0.4) is 0 Å². The summed E-state index contributed by atoms with van der Waals surface area (Å²) in [6.07, 6.45) is 2.15. The Morgan fingerprint density at radius 1 is 1.09 bits per heavy atom. The summed E-state index contributed by atoms with van der Waals surface area (Å²) < 4.78 is 19.3. The second kappa shape index (κ2) is 9.89. The number of fused-ring (bicyclic) bond motifs is 1. The fourth-order valence-corrected chi connectivity index (χ4v) is 4.42. The molecule has 3 N–H and O–H groups in total. The Morgan fingerprint density at radius 3 is 2.70 bits per heavy atom. The molecular formula is C24H26FN3O5. The summed E-state index contributed by atoms with van der Waals surface area (Å²) in [5.74, 6) is -1.28. The first-order valence-electron chi connectivity index (χ1n) is 11.0. The standard InChI is InChI=1S/C24H26FN3O5/c25-20-3-1-2-4-21(20)27-23(31)26-18-7-6-17-14-28(10-9-16(17)13-18)24(32)33-19-8-5-15(11-19)12-22(29)30/h1-4,6-7,13,15,19H,5,8-12,14H2,(H,29,30)(H2,26,27,31)/t15-,19+/m1/s1. The lowest BCUT2D eigenvalue weighted by Crippen LogP contribution is -2.38. The van der Waals surface area contributed by atoms with E-state index < -0.39 is 17.8 Å². The highest BCUT2D eigenvalue weighted by Gasteiger charge is 2.31. The first kappa shape index (κ1) is 22.6. The molecule has 2 aliphatic rings. The molecule has 9 heteroatoms. The Kier molecular flexibility index (Phi) is 6.76. The molecule has 0 bridgehead atoms. The van der Waals surface area contributed by atoms with Crippen LogP contribution in [0.2, 0.25) is 0 Å². The van der Waals surface area contributed by atoms with Gasteiger partial charge in [0.2, 0.25) is 0 Å². The van der Waals surface area contributed by atoms with Crippen LogP contribution in [0.4, 0.5) is 25.4 Å². The summed E-state index contributed by atoms with van der Waals surface area (Å²) in [6, 6.07) is 10.8. The highest BCUT2D eigenvalue weighted by Crippen LogP contribution is 2.31. The SMILES string of the molecule is O=C(O)C[C@@H]1CC[C@H](OC(=O)N2CCc3cc(NC(=O)Nc4ccccc4F)ccc3C2)C1. The second-order valence-electron chi connectivity index (χ2n) is 8.50. The molecule has 4 rings (SSSR count). The molecule has 8 nitrogen and oxygen atoms in total. The van der Waals surface area contributed by atoms with Gasteiger partial charge in [0, 0.05) is 25.2 Å². The largest absolute Gasteiger partial charge is 0.481 e. The Bertz CT molecular complexity index is 1060. The summed E-state index contributed by atoms with van der Waals surface area (Å²) in [6.45, 7) is 0.892. The molecule has 1 heterocycles. The molecule has 0 spiro atoms. The van der Waals surface area contributed by atoms with Crippen molar-refractivity contribution in [3.63, 3.8) is 0 Å². The van der Waals surface area contributed by atoms with E-state index in [4.69, 9.17) is 9.84 Å². The summed E-state index contributed by atoms with van der Waals surface area (Å²) in [5, 5.41) is 14.1. The third kappa shape index (κ3) is 5.79. The number of rotatable bonds is 5. The van der Waals surface area contributed by atoms with Gasteiger partial charge in [0.15, 0.2) is 0 Å². The van der Waals surface area contributed by atoms with Crippen LogP contribution >= 0.6 is 0 Å². The van der Waals surface area contributed by atoms with Crippen molar-refractivity contribution >= 4 is 29.5 Å². The van der Waals surface area contributed by atoms with E-state index in [0.717, 1.165) is 17.5 Å². The second-order valence-corrected chi connectivity index (χ2v) is 8.50. The monoisotopic (exact) mass is 455 g/mol. The number of benzene rings is 2. The smallest absolute Gasteiger partial charge is 0.410 e. The van der Waals surface area contributed by atoms with E-state index in [1.165, 1.54) is 12.1 Å². The minimum absolute atomic E-state index is 0.0592. The normalized spacial score (nSPS) is 19.5. The van der Waals surface area contributed by atoms with Crippen LogP contribution in [0.15, 0.2) is 42.5 Å². The average Bonchev–Trinajstić information content (AvgIpc) is 3.20. The van der Waals surface area contributed by atoms with Gasteiger partial charge in [-0.1, -0.05) is 18.2 Å². The molecule has 0 unspecified atom stereocenters. The topological polar surface area (TPSA) is 108 Å². The summed E-state index contributed by atoms with van der Waals surface area (Å²) in [4.78, 5) is 37.3. The molecule has 0 radical (unpaired) electrons. The average molecular weight is 455 g/mol. The van der Waals surface area contributed by atoms with Crippen molar-refractivity contribution in [1.82, 2.24) is 4.90 Å². The van der Waals surface area contributed by atoms with Crippen LogP contribution in [0.1, 0.15) is 36.8 Å². The minimum Gasteiger partial charge on any atom is -0.481 e. The van der Waals surface area contributed by atoms with E-state index in [0.29, 0.717) is 38.0 Å². The number of halogens is 1. The van der Waals surface area contributed by atoms with E-state index >= 15 is 0 Å². The van der Waals surface area contributed by atoms with Gasteiger partial charge < -0.3 is 25.4 Å². The quantitative estimate of drug-likeness (QED) is 0.610. The molecule has 3 amide bonds. The van der Waals surface area contributed by atoms with E-state index in [1.807, 2.05) is 12.1 Å². The summed E-state index contributed by atoms with van der Waals surface area (Å²) >= 11 is 0. The van der Waals surface area contributed by atoms with Crippen LogP contribution in [0, 0.1) is 11.7 Å². The van der Waals surface area contributed by atoms with Gasteiger partial charge in [-0.05, 0) is 67.0 Å². The lowest BCUT2D eigenvalue weighted by Gasteiger charge is -2.29. The summed E-state index contributed by atoms with van der Waals surface area (Å²) in [7, 11) is 0. The van der Waals surface area contributed by atoms with Crippen LogP contribution in [0.25, 0.3) is 0 Å². The molecule has 2 atom stereocenters. The first-order chi connectivity index (χ1) is 15.9. The maximum Gasteiger partial charge on any atom is 0.410 e. The Balaban J connectivity index is 1.30. The number of hydrogen-bond acceptors (Lipinski definition) is 4. The molecular weight excluding hydrogens is 429 g/mol. The van der Waals surface area contributed by atoms with E-state index in [2.05, 4.69) is 10.6 Å². The number of amides is 3. The number of hydrogen-bond donors (Lipinski definition) is 3. The molecule has 1 aliphatic heterocycles. The Labute approximate surface area is 190 Å². The zero-order chi connectivity index (χ0) is 23.4. The fraction of sp³-hybridized carbons (Fsp3) is 0.375. The van der Waals surface area contributed by atoms with Gasteiger partial charge in [-0.3, -0.25) is 4.79 Å². The predicted octanol–water partition coefficient (Wildman–Crippen LogP) is 4.61. The lowest BCUT2D eigenvalue weighted by molar-refractivity contribution is -0.138. The molecule has 0 saturated heterocycles. The van der Waals surface area contributed by atoms with Crippen molar-refractivity contribution in [3.8, 4) is 0 Å². The minimum atomic E-state index is -0.821. The van der Waals surface area contributed by atoms with Gasteiger partial charge >= 0.3 is 18.1 Å². The molecule has 2 aromatic rings. The van der Waals surface area contributed by atoms with Crippen LogP contribution in [0.5, 0.6) is 0 Å². The van der Waals surface area contributed by atoms with Gasteiger partial charge in [-0.15, -0.1) is 0 Å². The highest BCUT2D eigenvalue weighted by atomic mass is 19.1. The molecule has 1 fully saturated rings. The van der Waals surface area contributed by atoms with Crippen LogP contribution < -0.4 is 10.6 Å². The molecule has 1 saturated carbocycles. The van der Waals surface area contributed by atoms with Gasteiger partial charge in [0.1, 0.15) is 11.9 Å². The number of carbonyl (C=O) groups excluding carboxylic acids is 2. The molecule has 33 heavy (non-hydrogen) atoms. The van der Waals surface area contributed by atoms with Crippen molar-refractivity contribution in [2.75, 3.05) is 17.2 Å². The number of ether oxygens (including phenoxy) is 1. The molecule has 174 valence electrons. The molecule has 2 aromatic carbocycles. The van der Waals surface area contributed by atoms with Crippen molar-refractivity contribution in [2.45, 2.75) is 44.8 Å². The van der Waals surface area contributed by atoms with Crippen molar-refractivity contribution < 1.29 is 28.6 Å². The first-order valence-corrected chi connectivity index (χ1v) is 11.0. The van der Waals surface area contributed by atoms with Crippen molar-refractivity contribution in [3.05, 3.63) is 59.4 Å². The molecule has 0 aromatic heterocycles. The number of nitrogens with zero attached hydrogens (tertiary/aromatic N) is 1.